The van der Waals surface area contributed by atoms with Gasteiger partial charge in [-0.25, -0.2) is 0 Å². The number of rotatable bonds is 9. The summed E-state index contributed by atoms with van der Waals surface area (Å²) in [6.07, 6.45) is 0. The van der Waals surface area contributed by atoms with Gasteiger partial charge < -0.3 is 15.4 Å². The van der Waals surface area contributed by atoms with Gasteiger partial charge in [0.25, 0.3) is 5.91 Å². The predicted octanol–water partition coefficient (Wildman–Crippen LogP) is 4.56. The van der Waals surface area contributed by atoms with Crippen molar-refractivity contribution in [3.05, 3.63) is 82.0 Å². The summed E-state index contributed by atoms with van der Waals surface area (Å²) in [5, 5.41) is 7.15. The Hall–Kier alpha value is -2.63. The van der Waals surface area contributed by atoms with Gasteiger partial charge in [-0.1, -0.05) is 56.3 Å². The first-order valence-electron chi connectivity index (χ1n) is 10.1. The van der Waals surface area contributed by atoms with Crippen LogP contribution in [0.1, 0.15) is 48.7 Å². The van der Waals surface area contributed by atoms with Gasteiger partial charge in [0.1, 0.15) is 11.8 Å². The number of nitrogens with two attached hydrogens (primary N) is 1. The topological polar surface area (TPSA) is 54.9 Å². The van der Waals surface area contributed by atoms with Gasteiger partial charge in [-0.3, -0.25) is 4.79 Å². The van der Waals surface area contributed by atoms with Crippen molar-refractivity contribution in [3.8, 4) is 5.75 Å². The van der Waals surface area contributed by atoms with Crippen molar-refractivity contribution >= 4 is 22.9 Å². The molecule has 29 heavy (non-hydrogen) atoms. The molecule has 152 valence electrons. The number of ether oxygens (including phenoxy) is 1. The predicted molar refractivity (Wildman–Crippen MR) is 120 cm³/mol. The van der Waals surface area contributed by atoms with Gasteiger partial charge in [0.2, 0.25) is 0 Å². The monoisotopic (exact) mass is 409 g/mol. The number of para-hydroxylation sites is 2. The van der Waals surface area contributed by atoms with Crippen molar-refractivity contribution in [1.29, 1.82) is 0 Å². The molecule has 0 unspecified atom stereocenters. The molecule has 0 radical (unpaired) electrons. The largest absolute Gasteiger partial charge is 0.492 e. The van der Waals surface area contributed by atoms with Crippen LogP contribution in [0.25, 0.3) is 0 Å². The molecular formula is C24H29N2O2S+. The number of benzene rings is 2. The highest BCUT2D eigenvalue weighted by Crippen LogP contribution is 2.25. The normalized spacial score (nSPS) is 12.0. The summed E-state index contributed by atoms with van der Waals surface area (Å²) in [4.78, 5) is 13.9. The fraction of sp³-hybridized carbons (Fsp3) is 0.292. The van der Waals surface area contributed by atoms with Crippen LogP contribution in [0, 0.1) is 0 Å². The average Bonchev–Trinajstić information content (AvgIpc) is 3.25. The lowest BCUT2D eigenvalue weighted by atomic mass is 9.98. The Morgan fingerprint density at radius 2 is 1.76 bits per heavy atom. The molecule has 3 aromatic rings. The highest BCUT2D eigenvalue weighted by Gasteiger charge is 2.20. The Balaban J connectivity index is 1.70. The third-order valence-electron chi connectivity index (χ3n) is 4.81. The summed E-state index contributed by atoms with van der Waals surface area (Å²) in [5.41, 5.74) is 3.24. The zero-order chi connectivity index (χ0) is 20.6. The third kappa shape index (κ3) is 5.68. The Labute approximate surface area is 176 Å². The first-order chi connectivity index (χ1) is 14.1. The van der Waals surface area contributed by atoms with Crippen molar-refractivity contribution in [2.45, 2.75) is 32.7 Å². The highest BCUT2D eigenvalue weighted by atomic mass is 32.1. The summed E-state index contributed by atoms with van der Waals surface area (Å²) in [7, 11) is 0. The minimum absolute atomic E-state index is 0.0440. The number of carbonyl (C=O) groups is 1. The zero-order valence-electron chi connectivity index (χ0n) is 17.2. The molecule has 3 rings (SSSR count). The van der Waals surface area contributed by atoms with Crippen LogP contribution in [0.5, 0.6) is 5.75 Å². The fourth-order valence-corrected chi connectivity index (χ4v) is 4.10. The molecule has 1 aromatic heterocycles. The average molecular weight is 410 g/mol. The number of quaternary nitrogens is 1. The summed E-state index contributed by atoms with van der Waals surface area (Å²) in [6.45, 7) is 7.22. The van der Waals surface area contributed by atoms with E-state index in [0.717, 1.165) is 0 Å². The summed E-state index contributed by atoms with van der Waals surface area (Å²) < 4.78 is 5.60. The van der Waals surface area contributed by atoms with E-state index < -0.39 is 0 Å². The van der Waals surface area contributed by atoms with Gasteiger partial charge >= 0.3 is 0 Å². The Bertz CT molecular complexity index is 905. The first kappa shape index (κ1) is 21.1. The molecule has 0 spiro atoms. The SMILES string of the molecule is CCOc1ccccc1NC(=O)C[NH2+][C@@H](c1ccc(C(C)C)cc1)c1cccs1. The van der Waals surface area contributed by atoms with E-state index >= 15 is 0 Å². The number of thiophene rings is 1. The second-order valence-corrected chi connectivity index (χ2v) is 8.21. The number of amides is 1. The van der Waals surface area contributed by atoms with Gasteiger partial charge in [-0.15, -0.1) is 11.3 Å². The van der Waals surface area contributed by atoms with Crippen LogP contribution in [-0.2, 0) is 4.79 Å². The van der Waals surface area contributed by atoms with Crippen molar-refractivity contribution in [3.63, 3.8) is 0 Å². The molecule has 0 aliphatic heterocycles. The van der Waals surface area contributed by atoms with Crippen LogP contribution < -0.4 is 15.4 Å². The lowest BCUT2D eigenvalue weighted by Gasteiger charge is -2.16. The zero-order valence-corrected chi connectivity index (χ0v) is 18.0. The van der Waals surface area contributed by atoms with E-state index in [4.69, 9.17) is 4.74 Å². The molecule has 2 aromatic carbocycles. The Morgan fingerprint density at radius 3 is 2.41 bits per heavy atom. The van der Waals surface area contributed by atoms with Crippen LogP contribution in [0.4, 0.5) is 5.69 Å². The number of anilines is 1. The minimum Gasteiger partial charge on any atom is -0.492 e. The van der Waals surface area contributed by atoms with E-state index in [0.29, 0.717) is 30.5 Å². The third-order valence-corrected chi connectivity index (χ3v) is 5.77. The number of nitrogens with one attached hydrogen (secondary N) is 1. The van der Waals surface area contributed by atoms with Crippen LogP contribution in [0.2, 0.25) is 0 Å². The number of hydrogen-bond acceptors (Lipinski definition) is 3. The second kappa shape index (κ2) is 10.2. The highest BCUT2D eigenvalue weighted by molar-refractivity contribution is 7.10. The molecule has 0 bridgehead atoms. The quantitative estimate of drug-likeness (QED) is 0.544. The van der Waals surface area contributed by atoms with Crippen molar-refractivity contribution < 1.29 is 14.8 Å². The lowest BCUT2D eigenvalue weighted by Crippen LogP contribution is -2.87. The van der Waals surface area contributed by atoms with Gasteiger partial charge in [0.15, 0.2) is 6.54 Å². The maximum atomic E-state index is 12.6. The maximum absolute atomic E-state index is 12.6. The van der Waals surface area contributed by atoms with E-state index in [-0.39, 0.29) is 11.9 Å². The molecule has 1 heterocycles. The second-order valence-electron chi connectivity index (χ2n) is 7.23. The molecular weight excluding hydrogens is 380 g/mol. The maximum Gasteiger partial charge on any atom is 0.279 e. The van der Waals surface area contributed by atoms with Crippen LogP contribution >= 0.6 is 11.3 Å². The molecule has 0 saturated heterocycles. The van der Waals surface area contributed by atoms with Crippen LogP contribution in [0.3, 0.4) is 0 Å². The molecule has 0 aliphatic rings. The van der Waals surface area contributed by atoms with E-state index in [9.17, 15) is 4.79 Å². The van der Waals surface area contributed by atoms with Crippen molar-refractivity contribution in [2.75, 3.05) is 18.5 Å². The fourth-order valence-electron chi connectivity index (χ4n) is 3.25. The first-order valence-corrected chi connectivity index (χ1v) is 10.9. The number of hydrogen-bond donors (Lipinski definition) is 2. The van der Waals surface area contributed by atoms with Gasteiger partial charge in [0.05, 0.1) is 17.2 Å². The Morgan fingerprint density at radius 1 is 1.03 bits per heavy atom. The van der Waals surface area contributed by atoms with Gasteiger partial charge in [0, 0.05) is 5.56 Å². The molecule has 5 heteroatoms. The van der Waals surface area contributed by atoms with E-state index in [1.165, 1.54) is 16.0 Å². The summed E-state index contributed by atoms with van der Waals surface area (Å²) >= 11 is 1.72. The van der Waals surface area contributed by atoms with Crippen LogP contribution in [-0.4, -0.2) is 19.1 Å². The summed E-state index contributed by atoms with van der Waals surface area (Å²) in [6, 6.07) is 20.6. The number of carbonyl (C=O) groups excluding carboxylic acids is 1. The standard InChI is InChI=1S/C24H28N2O2S/c1-4-28-21-9-6-5-8-20(21)26-23(27)16-25-24(22-10-7-15-29-22)19-13-11-18(12-14-19)17(2)3/h5-15,17,24-25H,4,16H2,1-3H3,(H,26,27)/p+1/t24-/m0/s1. The molecule has 0 aliphatic carbocycles. The molecule has 4 nitrogen and oxygen atoms in total. The molecule has 0 fully saturated rings. The van der Waals surface area contributed by atoms with Crippen LogP contribution in [0.15, 0.2) is 66.0 Å². The van der Waals surface area contributed by atoms with Crippen molar-refractivity contribution in [2.24, 2.45) is 0 Å². The Kier molecular flexibility index (Phi) is 7.44. The van der Waals surface area contributed by atoms with Gasteiger partial charge in [-0.2, -0.15) is 0 Å². The van der Waals surface area contributed by atoms with E-state index in [1.807, 2.05) is 31.2 Å². The molecule has 0 saturated carbocycles. The summed E-state index contributed by atoms with van der Waals surface area (Å²) in [5.74, 6) is 1.16. The molecule has 3 N–H and O–H groups in total. The van der Waals surface area contributed by atoms with Crippen molar-refractivity contribution in [1.82, 2.24) is 0 Å². The van der Waals surface area contributed by atoms with E-state index in [1.54, 1.807) is 11.3 Å². The molecule has 1 atom stereocenters. The lowest BCUT2D eigenvalue weighted by molar-refractivity contribution is -0.675. The van der Waals surface area contributed by atoms with E-state index in [2.05, 4.69) is 66.3 Å². The molecule has 1 amide bonds. The smallest absolute Gasteiger partial charge is 0.279 e. The van der Waals surface area contributed by atoms with Gasteiger partial charge in [-0.05, 0) is 42.0 Å². The minimum atomic E-state index is -0.0440.